The fourth-order valence-electron chi connectivity index (χ4n) is 1.58. The molecule has 0 heterocycles. The summed E-state index contributed by atoms with van der Waals surface area (Å²) in [5, 5.41) is 2.56. The molecule has 0 aromatic heterocycles. The number of benzene rings is 2. The Labute approximate surface area is 129 Å². The molecule has 0 aliphatic heterocycles. The molecule has 0 saturated heterocycles. The van der Waals surface area contributed by atoms with Crippen molar-refractivity contribution < 1.29 is 13.2 Å². The molecule has 0 spiro atoms. The summed E-state index contributed by atoms with van der Waals surface area (Å²) in [6.45, 7) is 0.412. The van der Waals surface area contributed by atoms with Crippen LogP contribution in [0.25, 0.3) is 0 Å². The normalized spacial score (nSPS) is 10.6. The van der Waals surface area contributed by atoms with E-state index in [-0.39, 0.29) is 0 Å². The van der Waals surface area contributed by atoms with Crippen LogP contribution < -0.4 is 4.74 Å². The Balaban J connectivity index is 2.10. The monoisotopic (exact) mass is 320 g/mol. The third-order valence-electron chi connectivity index (χ3n) is 2.55. The van der Waals surface area contributed by atoms with E-state index in [1.165, 1.54) is 0 Å². The second-order valence-corrected chi connectivity index (χ2v) is 6.57. The van der Waals surface area contributed by atoms with Crippen LogP contribution in [0.5, 0.6) is 5.75 Å². The number of hydrogen-bond acceptors (Lipinski definition) is 3. The molecule has 0 bridgehead atoms. The second kappa shape index (κ2) is 6.66. The maximum absolute atomic E-state index is 11.0. The summed E-state index contributed by atoms with van der Waals surface area (Å²) in [7, 11) is -3.33. The van der Waals surface area contributed by atoms with Crippen LogP contribution in [0.2, 0.25) is 5.02 Å². The lowest BCUT2D eigenvalue weighted by Gasteiger charge is -2.08. The molecule has 2 rings (SSSR count). The molecule has 0 N–H and O–H groups in total. The fourth-order valence-corrected chi connectivity index (χ4v) is 2.12. The van der Waals surface area contributed by atoms with Gasteiger partial charge in [-0.3, -0.25) is 0 Å². The fraction of sp³-hybridized carbons (Fsp3) is 0.125. The van der Waals surface area contributed by atoms with Crippen molar-refractivity contribution in [3.05, 3.63) is 64.7 Å². The number of halogens is 1. The quantitative estimate of drug-likeness (QED) is 0.815. The Bertz CT molecular complexity index is 787. The molecule has 0 saturated carbocycles. The summed E-state index contributed by atoms with van der Waals surface area (Å²) >= 11 is 6.10. The highest BCUT2D eigenvalue weighted by molar-refractivity contribution is 7.95. The van der Waals surface area contributed by atoms with Gasteiger partial charge in [0.25, 0.3) is 0 Å². The minimum absolute atomic E-state index is 0.395. The van der Waals surface area contributed by atoms with Gasteiger partial charge in [0.1, 0.15) is 12.4 Å². The summed E-state index contributed by atoms with van der Waals surface area (Å²) in [6, 6.07) is 14.7. The molecule has 21 heavy (non-hydrogen) atoms. The van der Waals surface area contributed by atoms with Gasteiger partial charge in [0.2, 0.25) is 9.84 Å². The van der Waals surface area contributed by atoms with Crippen LogP contribution in [0.1, 0.15) is 11.1 Å². The molecule has 2 aromatic carbocycles. The van der Waals surface area contributed by atoms with Crippen LogP contribution in [0.3, 0.4) is 0 Å². The first-order chi connectivity index (χ1) is 9.94. The predicted octanol–water partition coefficient (Wildman–Crippen LogP) is 3.27. The van der Waals surface area contributed by atoms with Crippen molar-refractivity contribution in [2.75, 3.05) is 6.26 Å². The smallest absolute Gasteiger partial charge is 0.214 e. The van der Waals surface area contributed by atoms with Crippen molar-refractivity contribution >= 4 is 21.4 Å². The van der Waals surface area contributed by atoms with Gasteiger partial charge in [-0.25, -0.2) is 8.42 Å². The van der Waals surface area contributed by atoms with Crippen LogP contribution in [0, 0.1) is 11.2 Å². The second-order valence-electron chi connectivity index (χ2n) is 4.42. The standard InChI is InChI=1S/C16H13ClO3S/c1-21(18,19)10-9-13-7-8-16(15(17)11-13)20-12-14-5-3-2-4-6-14/h2-8,11H,12H2,1H3. The van der Waals surface area contributed by atoms with Crippen molar-refractivity contribution in [2.45, 2.75) is 6.61 Å². The molecule has 2 aromatic rings. The predicted molar refractivity (Wildman–Crippen MR) is 83.9 cm³/mol. The van der Waals surface area contributed by atoms with Gasteiger partial charge in [0.15, 0.2) is 0 Å². The van der Waals surface area contributed by atoms with E-state index in [0.717, 1.165) is 11.8 Å². The molecule has 0 unspecified atom stereocenters. The van der Waals surface area contributed by atoms with E-state index in [9.17, 15) is 8.42 Å². The van der Waals surface area contributed by atoms with Gasteiger partial charge in [0.05, 0.1) is 11.3 Å². The van der Waals surface area contributed by atoms with Crippen molar-refractivity contribution in [2.24, 2.45) is 0 Å². The molecule has 0 atom stereocenters. The van der Waals surface area contributed by atoms with Gasteiger partial charge < -0.3 is 4.74 Å². The first-order valence-electron chi connectivity index (χ1n) is 6.13. The van der Waals surface area contributed by atoms with E-state index >= 15 is 0 Å². The van der Waals surface area contributed by atoms with Crippen LogP contribution in [-0.4, -0.2) is 14.7 Å². The summed E-state index contributed by atoms with van der Waals surface area (Å²) in [6.07, 6.45) is 1.05. The van der Waals surface area contributed by atoms with Crippen LogP contribution in [0.4, 0.5) is 0 Å². The Hall–Kier alpha value is -1.96. The Kier molecular flexibility index (Phi) is 4.89. The molecule has 0 amide bonds. The topological polar surface area (TPSA) is 43.4 Å². The van der Waals surface area contributed by atoms with E-state index < -0.39 is 9.84 Å². The minimum Gasteiger partial charge on any atom is -0.487 e. The molecular weight excluding hydrogens is 308 g/mol. The van der Waals surface area contributed by atoms with Crippen LogP contribution >= 0.6 is 11.6 Å². The molecule has 0 radical (unpaired) electrons. The Morgan fingerprint density at radius 1 is 1.14 bits per heavy atom. The van der Waals surface area contributed by atoms with E-state index in [1.807, 2.05) is 30.3 Å². The van der Waals surface area contributed by atoms with Gasteiger partial charge >= 0.3 is 0 Å². The Morgan fingerprint density at radius 2 is 1.86 bits per heavy atom. The van der Waals surface area contributed by atoms with Crippen molar-refractivity contribution in [3.63, 3.8) is 0 Å². The third-order valence-corrected chi connectivity index (χ3v) is 3.32. The van der Waals surface area contributed by atoms with E-state index in [1.54, 1.807) is 18.2 Å². The zero-order chi connectivity index (χ0) is 15.3. The van der Waals surface area contributed by atoms with Gasteiger partial charge in [-0.15, -0.1) is 0 Å². The zero-order valence-electron chi connectivity index (χ0n) is 11.3. The maximum Gasteiger partial charge on any atom is 0.214 e. The van der Waals surface area contributed by atoms with Crippen LogP contribution in [-0.2, 0) is 16.4 Å². The average molecular weight is 321 g/mol. The number of ether oxygens (including phenoxy) is 1. The lowest BCUT2D eigenvalue weighted by atomic mass is 10.2. The molecule has 5 heteroatoms. The average Bonchev–Trinajstić information content (AvgIpc) is 2.44. The van der Waals surface area contributed by atoms with Crippen LogP contribution in [0.15, 0.2) is 48.5 Å². The number of rotatable bonds is 3. The Morgan fingerprint density at radius 3 is 2.48 bits per heavy atom. The first kappa shape index (κ1) is 15.4. The maximum atomic E-state index is 11.0. The highest BCUT2D eigenvalue weighted by Gasteiger charge is 2.03. The van der Waals surface area contributed by atoms with Gasteiger partial charge in [-0.1, -0.05) is 41.9 Å². The van der Waals surface area contributed by atoms with Crippen molar-refractivity contribution in [3.8, 4) is 16.9 Å². The summed E-state index contributed by atoms with van der Waals surface area (Å²) in [4.78, 5) is 0. The van der Waals surface area contributed by atoms with E-state index in [4.69, 9.17) is 16.3 Å². The van der Waals surface area contributed by atoms with Crippen molar-refractivity contribution in [1.82, 2.24) is 0 Å². The highest BCUT2D eigenvalue weighted by Crippen LogP contribution is 2.26. The molecule has 3 nitrogen and oxygen atoms in total. The number of hydrogen-bond donors (Lipinski definition) is 0. The first-order valence-corrected chi connectivity index (χ1v) is 8.40. The lowest BCUT2D eigenvalue weighted by Crippen LogP contribution is -1.95. The van der Waals surface area contributed by atoms with Gasteiger partial charge in [-0.05, 0) is 29.7 Å². The molecule has 0 fully saturated rings. The largest absolute Gasteiger partial charge is 0.487 e. The van der Waals surface area contributed by atoms with E-state index in [2.05, 4.69) is 11.2 Å². The molecule has 0 aliphatic carbocycles. The highest BCUT2D eigenvalue weighted by atomic mass is 35.5. The summed E-state index contributed by atoms with van der Waals surface area (Å²) in [5.74, 6) is 3.08. The third kappa shape index (κ3) is 5.14. The summed E-state index contributed by atoms with van der Waals surface area (Å²) < 4.78 is 27.6. The molecule has 108 valence electrons. The van der Waals surface area contributed by atoms with Crippen molar-refractivity contribution in [1.29, 1.82) is 0 Å². The minimum atomic E-state index is -3.33. The van der Waals surface area contributed by atoms with Gasteiger partial charge in [0, 0.05) is 10.8 Å². The van der Waals surface area contributed by atoms with Gasteiger partial charge in [-0.2, -0.15) is 0 Å². The lowest BCUT2D eigenvalue weighted by molar-refractivity contribution is 0.306. The van der Waals surface area contributed by atoms with E-state index in [0.29, 0.717) is 22.9 Å². The SMILES string of the molecule is CS(=O)(=O)C#Cc1ccc(OCc2ccccc2)c(Cl)c1. The molecule has 0 aliphatic rings. The number of sulfone groups is 1. The summed E-state index contributed by atoms with van der Waals surface area (Å²) in [5.41, 5.74) is 1.56. The zero-order valence-corrected chi connectivity index (χ0v) is 12.9. The molecular formula is C16H13ClO3S.